The van der Waals surface area contributed by atoms with E-state index < -0.39 is 5.09 Å². The van der Waals surface area contributed by atoms with Crippen LogP contribution in [0.3, 0.4) is 0 Å². The third-order valence-corrected chi connectivity index (χ3v) is 1.90. The van der Waals surface area contributed by atoms with Gasteiger partial charge in [-0.15, -0.1) is 10.1 Å². The second-order valence-electron chi connectivity index (χ2n) is 3.00. The Bertz CT molecular complexity index is 274. The molecule has 0 radical (unpaired) electrons. The van der Waals surface area contributed by atoms with Crippen LogP contribution in [-0.2, 0) is 11.3 Å². The molecule has 0 aliphatic rings. The van der Waals surface area contributed by atoms with Crippen LogP contribution in [0.15, 0.2) is 30.3 Å². The predicted octanol–water partition coefficient (Wildman–Crippen LogP) is 2.22. The normalized spacial score (nSPS) is 9.71. The van der Waals surface area contributed by atoms with Gasteiger partial charge in [0.15, 0.2) is 0 Å². The minimum Gasteiger partial charge on any atom is -0.314 e. The van der Waals surface area contributed by atoms with Crippen molar-refractivity contribution in [1.82, 2.24) is 0 Å². The maximum absolute atomic E-state index is 9.82. The van der Waals surface area contributed by atoms with Crippen LogP contribution in [0.5, 0.6) is 0 Å². The molecule has 4 heteroatoms. The summed E-state index contributed by atoms with van der Waals surface area (Å²) >= 11 is 0. The minimum atomic E-state index is -0.748. The molecule has 0 bridgehead atoms. The highest BCUT2D eigenvalue weighted by Crippen LogP contribution is 2.04. The molecule has 1 aromatic carbocycles. The first-order valence-corrected chi connectivity index (χ1v) is 4.60. The number of benzene rings is 1. The van der Waals surface area contributed by atoms with E-state index in [1.165, 1.54) is 5.56 Å². The molecule has 1 rings (SSSR count). The number of rotatable bonds is 6. The average Bonchev–Trinajstić information content (AvgIpc) is 2.18. The summed E-state index contributed by atoms with van der Waals surface area (Å²) in [4.78, 5) is 14.0. The number of unbranched alkanes of at least 4 members (excludes halogenated alkanes) is 1. The number of hydrogen-bond donors (Lipinski definition) is 0. The lowest BCUT2D eigenvalue weighted by Crippen LogP contribution is -2.02. The highest BCUT2D eigenvalue weighted by atomic mass is 16.9. The van der Waals surface area contributed by atoms with Gasteiger partial charge in [-0.2, -0.15) is 0 Å². The Balaban J connectivity index is 2.08. The van der Waals surface area contributed by atoms with Gasteiger partial charge in [-0.05, 0) is 24.8 Å². The summed E-state index contributed by atoms with van der Waals surface area (Å²) in [7, 11) is 0. The highest BCUT2D eigenvalue weighted by molar-refractivity contribution is 5.14. The van der Waals surface area contributed by atoms with Gasteiger partial charge in [0.2, 0.25) is 0 Å². The molecule has 4 nitrogen and oxygen atoms in total. The van der Waals surface area contributed by atoms with Crippen molar-refractivity contribution >= 4 is 0 Å². The van der Waals surface area contributed by atoms with E-state index in [9.17, 15) is 10.1 Å². The van der Waals surface area contributed by atoms with Crippen LogP contribution in [0.25, 0.3) is 0 Å². The number of aryl methyl sites for hydroxylation is 1. The van der Waals surface area contributed by atoms with Gasteiger partial charge in [0.25, 0.3) is 5.09 Å². The molecular weight excluding hydrogens is 182 g/mol. The Morgan fingerprint density at radius 3 is 2.57 bits per heavy atom. The van der Waals surface area contributed by atoms with Gasteiger partial charge >= 0.3 is 0 Å². The molecule has 0 aliphatic carbocycles. The minimum absolute atomic E-state index is 0.194. The second-order valence-corrected chi connectivity index (χ2v) is 3.00. The van der Waals surface area contributed by atoms with Crippen LogP contribution in [-0.4, -0.2) is 11.7 Å². The maximum atomic E-state index is 9.82. The first kappa shape index (κ1) is 10.5. The molecule has 0 spiro atoms. The largest absolute Gasteiger partial charge is 0.314 e. The summed E-state index contributed by atoms with van der Waals surface area (Å²) in [6.45, 7) is 0.194. The standard InChI is InChI=1S/C10H13NO3/c12-11(13)14-9-5-4-8-10-6-2-1-3-7-10/h1-3,6-7H,4-5,8-9H2. The monoisotopic (exact) mass is 195 g/mol. The zero-order valence-electron chi connectivity index (χ0n) is 7.89. The molecule has 0 N–H and O–H groups in total. The molecule has 1 aromatic rings. The fourth-order valence-corrected chi connectivity index (χ4v) is 1.21. The molecule has 14 heavy (non-hydrogen) atoms. The summed E-state index contributed by atoms with van der Waals surface area (Å²) < 4.78 is 0. The Labute approximate surface area is 82.6 Å². The summed E-state index contributed by atoms with van der Waals surface area (Å²) in [6.07, 6.45) is 2.58. The summed E-state index contributed by atoms with van der Waals surface area (Å²) in [6, 6.07) is 10.0. The van der Waals surface area contributed by atoms with E-state index in [0.717, 1.165) is 19.3 Å². The van der Waals surface area contributed by atoms with Crippen molar-refractivity contribution in [2.45, 2.75) is 19.3 Å². The van der Waals surface area contributed by atoms with E-state index in [1.54, 1.807) is 0 Å². The average molecular weight is 195 g/mol. The summed E-state index contributed by atoms with van der Waals surface area (Å²) in [5, 5.41) is 9.07. The number of nitrogens with zero attached hydrogens (tertiary/aromatic N) is 1. The van der Waals surface area contributed by atoms with E-state index in [2.05, 4.69) is 4.84 Å². The first-order chi connectivity index (χ1) is 6.79. The SMILES string of the molecule is O=[N+]([O-])OCCCCc1ccccc1. The summed E-state index contributed by atoms with van der Waals surface area (Å²) in [5.74, 6) is 0. The summed E-state index contributed by atoms with van der Waals surface area (Å²) in [5.41, 5.74) is 1.26. The Morgan fingerprint density at radius 1 is 1.21 bits per heavy atom. The van der Waals surface area contributed by atoms with Crippen LogP contribution in [0.1, 0.15) is 18.4 Å². The second kappa shape index (κ2) is 5.96. The van der Waals surface area contributed by atoms with E-state index in [4.69, 9.17) is 0 Å². The number of hydrogen-bond acceptors (Lipinski definition) is 3. The van der Waals surface area contributed by atoms with Crippen molar-refractivity contribution in [3.63, 3.8) is 0 Å². The van der Waals surface area contributed by atoms with Crippen LogP contribution in [0.2, 0.25) is 0 Å². The molecule has 0 amide bonds. The lowest BCUT2D eigenvalue weighted by Gasteiger charge is -2.00. The fraction of sp³-hybridized carbons (Fsp3) is 0.400. The third-order valence-electron chi connectivity index (χ3n) is 1.90. The van der Waals surface area contributed by atoms with Crippen molar-refractivity contribution in [3.8, 4) is 0 Å². The molecule has 0 atom stereocenters. The van der Waals surface area contributed by atoms with Gasteiger partial charge in [-0.3, -0.25) is 0 Å². The van der Waals surface area contributed by atoms with Gasteiger partial charge in [-0.1, -0.05) is 30.3 Å². The topological polar surface area (TPSA) is 52.4 Å². The van der Waals surface area contributed by atoms with Crippen LogP contribution in [0.4, 0.5) is 0 Å². The first-order valence-electron chi connectivity index (χ1n) is 4.60. The molecule has 0 saturated heterocycles. The smallest absolute Gasteiger partial charge is 0.294 e. The zero-order chi connectivity index (χ0) is 10.2. The molecular formula is C10H13NO3. The molecule has 0 aromatic heterocycles. The van der Waals surface area contributed by atoms with Gasteiger partial charge in [0, 0.05) is 0 Å². The van der Waals surface area contributed by atoms with Crippen molar-refractivity contribution in [2.75, 3.05) is 6.61 Å². The van der Waals surface area contributed by atoms with Gasteiger partial charge in [0.1, 0.15) is 0 Å². The quantitative estimate of drug-likeness (QED) is 0.397. The van der Waals surface area contributed by atoms with Crippen molar-refractivity contribution < 1.29 is 9.92 Å². The van der Waals surface area contributed by atoms with Crippen molar-refractivity contribution in [2.24, 2.45) is 0 Å². The van der Waals surface area contributed by atoms with Crippen LogP contribution in [0, 0.1) is 10.1 Å². The Hall–Kier alpha value is -1.58. The molecule has 76 valence electrons. The van der Waals surface area contributed by atoms with Gasteiger partial charge in [-0.25, -0.2) is 0 Å². The molecule has 0 heterocycles. The van der Waals surface area contributed by atoms with Crippen molar-refractivity contribution in [3.05, 3.63) is 46.0 Å². The van der Waals surface area contributed by atoms with Gasteiger partial charge < -0.3 is 4.84 Å². The van der Waals surface area contributed by atoms with E-state index in [1.807, 2.05) is 30.3 Å². The lowest BCUT2D eigenvalue weighted by molar-refractivity contribution is -0.757. The van der Waals surface area contributed by atoms with E-state index in [-0.39, 0.29) is 6.61 Å². The Morgan fingerprint density at radius 2 is 1.93 bits per heavy atom. The molecule has 0 aliphatic heterocycles. The lowest BCUT2D eigenvalue weighted by atomic mass is 10.1. The fourth-order valence-electron chi connectivity index (χ4n) is 1.21. The predicted molar refractivity (Wildman–Crippen MR) is 52.3 cm³/mol. The van der Waals surface area contributed by atoms with E-state index in [0.29, 0.717) is 0 Å². The molecule has 0 fully saturated rings. The van der Waals surface area contributed by atoms with Gasteiger partial charge in [0.05, 0.1) is 6.61 Å². The molecule has 0 saturated carbocycles. The zero-order valence-corrected chi connectivity index (χ0v) is 7.89. The highest BCUT2D eigenvalue weighted by Gasteiger charge is 1.95. The van der Waals surface area contributed by atoms with Crippen LogP contribution >= 0.6 is 0 Å². The Kier molecular flexibility index (Phi) is 4.47. The third kappa shape index (κ3) is 4.45. The van der Waals surface area contributed by atoms with Crippen molar-refractivity contribution in [1.29, 1.82) is 0 Å². The molecule has 0 unspecified atom stereocenters. The van der Waals surface area contributed by atoms with Crippen LogP contribution < -0.4 is 0 Å². The maximum Gasteiger partial charge on any atom is 0.294 e. The van der Waals surface area contributed by atoms with E-state index >= 15 is 0 Å².